The predicted octanol–water partition coefficient (Wildman–Crippen LogP) is 3.84. The first-order chi connectivity index (χ1) is 11.0. The van der Waals surface area contributed by atoms with Crippen molar-refractivity contribution in [2.45, 2.75) is 17.1 Å². The summed E-state index contributed by atoms with van der Waals surface area (Å²) in [5.41, 5.74) is 6.14. The van der Waals surface area contributed by atoms with Gasteiger partial charge >= 0.3 is 0 Å². The Kier molecular flexibility index (Phi) is 6.70. The van der Waals surface area contributed by atoms with Crippen LogP contribution in [-0.2, 0) is 4.79 Å². The van der Waals surface area contributed by atoms with Gasteiger partial charge in [0.15, 0.2) is 5.11 Å². The quantitative estimate of drug-likeness (QED) is 0.436. The minimum absolute atomic E-state index is 0.165. The van der Waals surface area contributed by atoms with Crippen LogP contribution in [0.15, 0.2) is 59.5 Å². The first kappa shape index (κ1) is 17.6. The standard InChI is InChI=1S/C16H16ClN3OS2/c1-11(23-14-9-7-12(17)8-10-14)15(21)19-20-16(22)18-13-5-3-2-4-6-13/h2-11H,1H3,(H,19,21)(H2,18,20,22). The topological polar surface area (TPSA) is 53.2 Å². The maximum Gasteiger partial charge on any atom is 0.251 e. The van der Waals surface area contributed by atoms with Crippen LogP contribution in [0.25, 0.3) is 0 Å². The van der Waals surface area contributed by atoms with Crippen LogP contribution in [0.3, 0.4) is 0 Å². The van der Waals surface area contributed by atoms with Gasteiger partial charge in [-0.05, 0) is 55.5 Å². The van der Waals surface area contributed by atoms with E-state index in [9.17, 15) is 4.79 Å². The Morgan fingerprint density at radius 2 is 1.74 bits per heavy atom. The lowest BCUT2D eigenvalue weighted by molar-refractivity contribution is -0.120. The van der Waals surface area contributed by atoms with Crippen molar-refractivity contribution in [3.8, 4) is 0 Å². The zero-order valence-electron chi connectivity index (χ0n) is 12.4. The van der Waals surface area contributed by atoms with E-state index in [0.717, 1.165) is 10.6 Å². The van der Waals surface area contributed by atoms with Crippen molar-refractivity contribution in [1.82, 2.24) is 10.9 Å². The van der Waals surface area contributed by atoms with Crippen LogP contribution in [0, 0.1) is 0 Å². The number of thioether (sulfide) groups is 1. The van der Waals surface area contributed by atoms with Crippen molar-refractivity contribution in [2.75, 3.05) is 5.32 Å². The summed E-state index contributed by atoms with van der Waals surface area (Å²) in [7, 11) is 0. The van der Waals surface area contributed by atoms with Gasteiger partial charge in [0.2, 0.25) is 0 Å². The first-order valence-corrected chi connectivity index (χ1v) is 8.55. The molecule has 120 valence electrons. The normalized spacial score (nSPS) is 11.4. The number of halogens is 1. The third-order valence-electron chi connectivity index (χ3n) is 2.83. The van der Waals surface area contributed by atoms with Crippen molar-refractivity contribution in [3.63, 3.8) is 0 Å². The Balaban J connectivity index is 1.77. The lowest BCUT2D eigenvalue weighted by Crippen LogP contribution is -2.46. The Morgan fingerprint density at radius 1 is 1.09 bits per heavy atom. The molecule has 0 radical (unpaired) electrons. The van der Waals surface area contributed by atoms with Crippen LogP contribution in [-0.4, -0.2) is 16.3 Å². The summed E-state index contributed by atoms with van der Waals surface area (Å²) < 4.78 is 0. The lowest BCUT2D eigenvalue weighted by atomic mass is 10.3. The number of anilines is 1. The van der Waals surface area contributed by atoms with Gasteiger partial charge in [-0.25, -0.2) is 0 Å². The molecular weight excluding hydrogens is 350 g/mol. The second-order valence-corrected chi connectivity index (χ2v) is 6.91. The first-order valence-electron chi connectivity index (χ1n) is 6.89. The van der Waals surface area contributed by atoms with Crippen LogP contribution >= 0.6 is 35.6 Å². The molecule has 2 aromatic rings. The number of para-hydroxylation sites is 1. The Morgan fingerprint density at radius 3 is 2.39 bits per heavy atom. The highest BCUT2D eigenvalue weighted by Crippen LogP contribution is 2.24. The van der Waals surface area contributed by atoms with Gasteiger partial charge < -0.3 is 5.32 Å². The summed E-state index contributed by atoms with van der Waals surface area (Å²) in [5, 5.41) is 3.70. The number of hydrogen-bond acceptors (Lipinski definition) is 3. The molecule has 7 heteroatoms. The van der Waals surface area contributed by atoms with Gasteiger partial charge in [-0.1, -0.05) is 29.8 Å². The number of rotatable bonds is 4. The molecule has 0 saturated carbocycles. The van der Waals surface area contributed by atoms with Gasteiger partial charge in [-0.3, -0.25) is 15.6 Å². The molecule has 3 N–H and O–H groups in total. The maximum absolute atomic E-state index is 12.1. The molecule has 2 aromatic carbocycles. The third kappa shape index (κ3) is 6.09. The highest BCUT2D eigenvalue weighted by molar-refractivity contribution is 8.00. The highest BCUT2D eigenvalue weighted by Gasteiger charge is 2.14. The average molecular weight is 366 g/mol. The number of thiocarbonyl (C=S) groups is 1. The fourth-order valence-electron chi connectivity index (χ4n) is 1.67. The predicted molar refractivity (Wildman–Crippen MR) is 101 cm³/mol. The monoisotopic (exact) mass is 365 g/mol. The van der Waals surface area contributed by atoms with E-state index in [-0.39, 0.29) is 11.2 Å². The number of benzene rings is 2. The van der Waals surface area contributed by atoms with Gasteiger partial charge in [0.1, 0.15) is 0 Å². The summed E-state index contributed by atoms with van der Waals surface area (Å²) in [6.07, 6.45) is 0. The molecule has 1 unspecified atom stereocenters. The van der Waals surface area contributed by atoms with Crippen molar-refractivity contribution >= 4 is 52.3 Å². The van der Waals surface area contributed by atoms with Crippen LogP contribution < -0.4 is 16.2 Å². The minimum Gasteiger partial charge on any atom is -0.331 e. The lowest BCUT2D eigenvalue weighted by Gasteiger charge is -2.15. The van der Waals surface area contributed by atoms with E-state index in [2.05, 4.69) is 16.2 Å². The Labute approximate surface area is 150 Å². The molecule has 0 bridgehead atoms. The molecule has 23 heavy (non-hydrogen) atoms. The number of amides is 1. The van der Waals surface area contributed by atoms with Gasteiger partial charge in [0.05, 0.1) is 5.25 Å². The second-order valence-electron chi connectivity index (χ2n) is 4.65. The molecule has 0 aliphatic carbocycles. The summed E-state index contributed by atoms with van der Waals surface area (Å²) in [4.78, 5) is 13.0. The van der Waals surface area contributed by atoms with E-state index >= 15 is 0 Å². The highest BCUT2D eigenvalue weighted by atomic mass is 35.5. The van der Waals surface area contributed by atoms with E-state index < -0.39 is 0 Å². The minimum atomic E-state index is -0.275. The fourth-order valence-corrected chi connectivity index (χ4v) is 2.84. The SMILES string of the molecule is CC(Sc1ccc(Cl)cc1)C(=O)NNC(=S)Nc1ccccc1. The average Bonchev–Trinajstić information content (AvgIpc) is 2.55. The van der Waals surface area contributed by atoms with Gasteiger partial charge in [0.25, 0.3) is 5.91 Å². The molecule has 0 fully saturated rings. The maximum atomic E-state index is 12.1. The number of carbonyl (C=O) groups is 1. The Bertz CT molecular complexity index is 665. The molecule has 0 aromatic heterocycles. The van der Waals surface area contributed by atoms with Gasteiger partial charge in [0, 0.05) is 15.6 Å². The smallest absolute Gasteiger partial charge is 0.251 e. The largest absolute Gasteiger partial charge is 0.331 e. The van der Waals surface area contributed by atoms with Crippen molar-refractivity contribution < 1.29 is 4.79 Å². The summed E-state index contributed by atoms with van der Waals surface area (Å²) in [6, 6.07) is 16.8. The molecule has 1 atom stereocenters. The van der Waals surface area contributed by atoms with Crippen molar-refractivity contribution in [2.24, 2.45) is 0 Å². The number of carbonyl (C=O) groups excluding carboxylic acids is 1. The summed E-state index contributed by atoms with van der Waals surface area (Å²) in [5.74, 6) is -0.165. The number of hydrazine groups is 1. The molecule has 1 amide bonds. The molecule has 0 aliphatic rings. The molecule has 0 spiro atoms. The van der Waals surface area contributed by atoms with Crippen LogP contribution in [0.1, 0.15) is 6.92 Å². The van der Waals surface area contributed by atoms with Crippen molar-refractivity contribution in [3.05, 3.63) is 59.6 Å². The summed E-state index contributed by atoms with van der Waals surface area (Å²) >= 11 is 12.4. The Hall–Kier alpha value is -1.76. The van der Waals surface area contributed by atoms with Crippen LogP contribution in [0.5, 0.6) is 0 Å². The molecule has 0 aliphatic heterocycles. The molecule has 0 heterocycles. The van der Waals surface area contributed by atoms with Crippen LogP contribution in [0.2, 0.25) is 5.02 Å². The van der Waals surface area contributed by atoms with Gasteiger partial charge in [-0.15, -0.1) is 11.8 Å². The van der Waals surface area contributed by atoms with E-state index in [0.29, 0.717) is 10.1 Å². The van der Waals surface area contributed by atoms with Gasteiger partial charge in [-0.2, -0.15) is 0 Å². The number of hydrogen-bond donors (Lipinski definition) is 3. The van der Waals surface area contributed by atoms with E-state index in [1.807, 2.05) is 49.4 Å². The van der Waals surface area contributed by atoms with E-state index in [1.54, 1.807) is 12.1 Å². The fraction of sp³-hybridized carbons (Fsp3) is 0.125. The second kappa shape index (κ2) is 8.76. The molecular formula is C16H16ClN3OS2. The zero-order chi connectivity index (χ0) is 16.7. The van der Waals surface area contributed by atoms with E-state index in [1.165, 1.54) is 11.8 Å². The zero-order valence-corrected chi connectivity index (χ0v) is 14.8. The third-order valence-corrected chi connectivity index (χ3v) is 4.39. The van der Waals surface area contributed by atoms with Crippen LogP contribution in [0.4, 0.5) is 5.69 Å². The van der Waals surface area contributed by atoms with E-state index in [4.69, 9.17) is 23.8 Å². The molecule has 0 saturated heterocycles. The summed E-state index contributed by atoms with van der Waals surface area (Å²) in [6.45, 7) is 1.82. The number of nitrogens with one attached hydrogen (secondary N) is 3. The molecule has 4 nitrogen and oxygen atoms in total. The molecule has 2 rings (SSSR count). The van der Waals surface area contributed by atoms with Crippen molar-refractivity contribution in [1.29, 1.82) is 0 Å².